The van der Waals surface area contributed by atoms with Gasteiger partial charge in [0.25, 0.3) is 0 Å². The Morgan fingerprint density at radius 2 is 2.36 bits per heavy atom. The molecule has 0 aliphatic carbocycles. The van der Waals surface area contributed by atoms with Crippen molar-refractivity contribution >= 4 is 13.2 Å². The highest BCUT2D eigenvalue weighted by atomic mass is 16.4. The minimum absolute atomic E-state index is 0.458. The first-order chi connectivity index (χ1) is 6.86. The predicted molar refractivity (Wildman–Crippen MR) is 51.3 cm³/mol. The molecule has 0 aromatic carbocycles. The Morgan fingerprint density at radius 3 is 3.29 bits per heavy atom. The van der Waals surface area contributed by atoms with Crippen molar-refractivity contribution in [3.63, 3.8) is 0 Å². The lowest BCUT2D eigenvalue weighted by Gasteiger charge is -2.17. The number of hydrogen-bond donors (Lipinski definition) is 0. The first-order valence-corrected chi connectivity index (χ1v) is 4.35. The largest absolute Gasteiger partial charge is 0.553 e. The maximum absolute atomic E-state index is 5.48. The lowest BCUT2D eigenvalue weighted by Crippen LogP contribution is -2.35. The van der Waals surface area contributed by atoms with Crippen molar-refractivity contribution in [1.29, 1.82) is 0 Å². The second-order valence-electron chi connectivity index (χ2n) is 3.11. The molecule has 0 fully saturated rings. The number of hydrogen-bond acceptors (Lipinski definition) is 4. The summed E-state index contributed by atoms with van der Waals surface area (Å²) in [5.41, 5.74) is 0.800. The van der Waals surface area contributed by atoms with E-state index in [0.717, 1.165) is 23.1 Å². The third-order valence-corrected chi connectivity index (χ3v) is 2.21. The van der Waals surface area contributed by atoms with Gasteiger partial charge in [-0.25, -0.2) is 4.98 Å². The SMILES string of the molecule is Cc1nnc2n1-c1ncccc1OB2. The van der Waals surface area contributed by atoms with Crippen LogP contribution in [0.1, 0.15) is 5.82 Å². The van der Waals surface area contributed by atoms with Crippen molar-refractivity contribution in [1.82, 2.24) is 19.7 Å². The zero-order valence-electron chi connectivity index (χ0n) is 7.64. The highest BCUT2D eigenvalue weighted by Gasteiger charge is 2.22. The zero-order valence-corrected chi connectivity index (χ0v) is 7.64. The molecular formula is C8H7BN4O. The summed E-state index contributed by atoms with van der Waals surface area (Å²) in [6.45, 7) is 1.90. The van der Waals surface area contributed by atoms with Crippen LogP contribution in [0.3, 0.4) is 0 Å². The van der Waals surface area contributed by atoms with Gasteiger partial charge in [-0.3, -0.25) is 4.57 Å². The molecule has 6 heteroatoms. The fraction of sp³-hybridized carbons (Fsp3) is 0.125. The summed E-state index contributed by atoms with van der Waals surface area (Å²) in [4.78, 5) is 4.25. The van der Waals surface area contributed by atoms with E-state index in [1.54, 1.807) is 6.20 Å². The lowest BCUT2D eigenvalue weighted by molar-refractivity contribution is 0.579. The molecule has 0 saturated heterocycles. The summed E-state index contributed by atoms with van der Waals surface area (Å²) in [6, 6.07) is 3.74. The molecular weight excluding hydrogens is 179 g/mol. The molecule has 0 spiro atoms. The average molecular weight is 186 g/mol. The second kappa shape index (κ2) is 2.57. The van der Waals surface area contributed by atoms with E-state index < -0.39 is 0 Å². The number of aryl methyl sites for hydroxylation is 1. The summed E-state index contributed by atoms with van der Waals surface area (Å²) in [5, 5.41) is 7.99. The standard InChI is InChI=1S/C8H7BN4O/c1-5-11-12-8-9-14-6-3-2-4-10-7(6)13(5)8/h2-4,9H,1H3. The molecule has 3 rings (SSSR count). The average Bonchev–Trinajstić information content (AvgIpc) is 2.61. The fourth-order valence-electron chi connectivity index (χ4n) is 1.58. The summed E-state index contributed by atoms with van der Waals surface area (Å²) in [7, 11) is 0.458. The first-order valence-electron chi connectivity index (χ1n) is 4.35. The maximum Gasteiger partial charge on any atom is 0.415 e. The Bertz CT molecular complexity index is 496. The minimum atomic E-state index is 0.458. The summed E-state index contributed by atoms with van der Waals surface area (Å²) in [5.74, 6) is 2.39. The van der Waals surface area contributed by atoms with Crippen LogP contribution in [-0.4, -0.2) is 27.2 Å². The molecule has 0 saturated carbocycles. The van der Waals surface area contributed by atoms with E-state index in [4.69, 9.17) is 4.65 Å². The van der Waals surface area contributed by atoms with Gasteiger partial charge in [-0.2, -0.15) is 0 Å². The van der Waals surface area contributed by atoms with Gasteiger partial charge in [0.05, 0.1) is 0 Å². The van der Waals surface area contributed by atoms with E-state index in [2.05, 4.69) is 15.2 Å². The molecule has 0 N–H and O–H groups in total. The van der Waals surface area contributed by atoms with E-state index in [0.29, 0.717) is 7.48 Å². The quantitative estimate of drug-likeness (QED) is 0.512. The minimum Gasteiger partial charge on any atom is -0.553 e. The second-order valence-corrected chi connectivity index (χ2v) is 3.11. The van der Waals surface area contributed by atoms with Crippen molar-refractivity contribution in [2.24, 2.45) is 0 Å². The van der Waals surface area contributed by atoms with E-state index in [-0.39, 0.29) is 0 Å². The van der Waals surface area contributed by atoms with Gasteiger partial charge in [0.15, 0.2) is 5.82 Å². The smallest absolute Gasteiger partial charge is 0.415 e. The van der Waals surface area contributed by atoms with Crippen LogP contribution in [0.25, 0.3) is 5.82 Å². The molecule has 0 bridgehead atoms. The van der Waals surface area contributed by atoms with Crippen molar-refractivity contribution in [2.75, 3.05) is 0 Å². The van der Waals surface area contributed by atoms with Gasteiger partial charge in [0.1, 0.15) is 17.3 Å². The normalized spacial score (nSPS) is 12.4. The molecule has 0 amide bonds. The van der Waals surface area contributed by atoms with Crippen molar-refractivity contribution < 1.29 is 4.65 Å². The van der Waals surface area contributed by atoms with Gasteiger partial charge in [0.2, 0.25) is 0 Å². The number of rotatable bonds is 0. The van der Waals surface area contributed by atoms with Crippen LogP contribution in [0, 0.1) is 6.92 Å². The Balaban J connectivity index is 2.32. The third kappa shape index (κ3) is 0.877. The Hall–Kier alpha value is -1.85. The van der Waals surface area contributed by atoms with E-state index in [1.165, 1.54) is 0 Å². The maximum atomic E-state index is 5.48. The number of aromatic nitrogens is 4. The highest BCUT2D eigenvalue weighted by Crippen LogP contribution is 2.21. The topological polar surface area (TPSA) is 52.8 Å². The molecule has 2 aromatic rings. The molecule has 1 aliphatic rings. The van der Waals surface area contributed by atoms with Crippen LogP contribution in [0.15, 0.2) is 18.3 Å². The number of pyridine rings is 1. The van der Waals surface area contributed by atoms with Crippen molar-refractivity contribution in [2.45, 2.75) is 6.92 Å². The summed E-state index contributed by atoms with van der Waals surface area (Å²) in [6.07, 6.45) is 1.73. The van der Waals surface area contributed by atoms with Crippen LogP contribution < -0.4 is 10.4 Å². The Labute approximate surface area is 81.0 Å². The van der Waals surface area contributed by atoms with Crippen LogP contribution >= 0.6 is 0 Å². The number of nitrogens with zero attached hydrogens (tertiary/aromatic N) is 4. The Kier molecular flexibility index (Phi) is 1.39. The van der Waals surface area contributed by atoms with E-state index >= 15 is 0 Å². The van der Waals surface area contributed by atoms with Crippen LogP contribution in [0.5, 0.6) is 5.75 Å². The molecule has 68 valence electrons. The molecule has 14 heavy (non-hydrogen) atoms. The molecule has 3 heterocycles. The summed E-state index contributed by atoms with van der Waals surface area (Å²) < 4.78 is 7.39. The number of fused-ring (bicyclic) bond motifs is 3. The molecule has 5 nitrogen and oxygen atoms in total. The molecule has 2 aromatic heterocycles. The van der Waals surface area contributed by atoms with E-state index in [1.807, 2.05) is 23.6 Å². The van der Waals surface area contributed by atoms with Crippen LogP contribution in [0.4, 0.5) is 0 Å². The predicted octanol–water partition coefficient (Wildman–Crippen LogP) is -0.660. The van der Waals surface area contributed by atoms with E-state index in [9.17, 15) is 0 Å². The van der Waals surface area contributed by atoms with Gasteiger partial charge in [-0.05, 0) is 19.1 Å². The van der Waals surface area contributed by atoms with Gasteiger partial charge in [0, 0.05) is 6.20 Å². The summed E-state index contributed by atoms with van der Waals surface area (Å²) >= 11 is 0. The van der Waals surface area contributed by atoms with Crippen LogP contribution in [0.2, 0.25) is 0 Å². The van der Waals surface area contributed by atoms with Crippen LogP contribution in [-0.2, 0) is 0 Å². The monoisotopic (exact) mass is 186 g/mol. The third-order valence-electron chi connectivity index (χ3n) is 2.21. The zero-order chi connectivity index (χ0) is 9.54. The van der Waals surface area contributed by atoms with Crippen molar-refractivity contribution in [3.8, 4) is 11.6 Å². The first kappa shape index (κ1) is 7.55. The van der Waals surface area contributed by atoms with Gasteiger partial charge in [-0.15, -0.1) is 10.2 Å². The Morgan fingerprint density at radius 1 is 1.43 bits per heavy atom. The fourth-order valence-corrected chi connectivity index (χ4v) is 1.58. The molecule has 1 aliphatic heterocycles. The van der Waals surface area contributed by atoms with Gasteiger partial charge in [-0.1, -0.05) is 0 Å². The molecule has 0 atom stereocenters. The lowest BCUT2D eigenvalue weighted by atomic mass is 9.98. The molecule has 0 unspecified atom stereocenters. The highest BCUT2D eigenvalue weighted by molar-refractivity contribution is 6.46. The molecule has 0 radical (unpaired) electrons. The van der Waals surface area contributed by atoms with Gasteiger partial charge < -0.3 is 4.65 Å². The van der Waals surface area contributed by atoms with Crippen molar-refractivity contribution in [3.05, 3.63) is 24.2 Å². The van der Waals surface area contributed by atoms with Gasteiger partial charge >= 0.3 is 7.48 Å².